The Morgan fingerprint density at radius 2 is 1.20 bits per heavy atom. The molecular formula is C12H13BrO6Pb. The van der Waals surface area contributed by atoms with Crippen molar-refractivity contribution in [1.29, 1.82) is 0 Å². The summed E-state index contributed by atoms with van der Waals surface area (Å²) in [6.45, 7) is 3.50. The molecule has 1 rings (SSSR count). The average molecular weight is 540 g/mol. The zero-order valence-corrected chi connectivity index (χ0v) is 16.6. The number of hydrogen-bond donors (Lipinski definition) is 0. The van der Waals surface area contributed by atoms with Gasteiger partial charge in [0.1, 0.15) is 0 Å². The van der Waals surface area contributed by atoms with Crippen LogP contribution in [0.4, 0.5) is 0 Å². The first-order valence-corrected chi connectivity index (χ1v) is 13.1. The number of rotatable bonds is 4. The predicted octanol–water partition coefficient (Wildman–Crippen LogP) is 1.28. The third-order valence-electron chi connectivity index (χ3n) is 2.03. The van der Waals surface area contributed by atoms with Crippen LogP contribution in [0.3, 0.4) is 0 Å². The van der Waals surface area contributed by atoms with Crippen LogP contribution in [0.1, 0.15) is 20.8 Å². The zero-order chi connectivity index (χ0) is 15.3. The van der Waals surface area contributed by atoms with E-state index >= 15 is 0 Å². The molecule has 0 spiro atoms. The van der Waals surface area contributed by atoms with Gasteiger partial charge in [0.15, 0.2) is 0 Å². The first-order valence-electron chi connectivity index (χ1n) is 5.60. The van der Waals surface area contributed by atoms with Gasteiger partial charge in [-0.2, -0.15) is 0 Å². The molecular weight excluding hydrogens is 527 g/mol. The third-order valence-corrected chi connectivity index (χ3v) is 13.1. The number of carbonyl (C=O) groups is 3. The summed E-state index contributed by atoms with van der Waals surface area (Å²) in [5.41, 5.74) is 0. The van der Waals surface area contributed by atoms with E-state index in [9.17, 15) is 14.4 Å². The molecule has 0 aliphatic rings. The molecule has 0 heterocycles. The summed E-state index contributed by atoms with van der Waals surface area (Å²) < 4.78 is 16.7. The molecule has 0 N–H and O–H groups in total. The van der Waals surface area contributed by atoms with Crippen LogP contribution in [0.25, 0.3) is 0 Å². The Bertz CT molecular complexity index is 486. The van der Waals surface area contributed by atoms with Gasteiger partial charge in [-0.05, 0) is 0 Å². The van der Waals surface area contributed by atoms with E-state index in [1.807, 2.05) is 0 Å². The van der Waals surface area contributed by atoms with E-state index in [1.165, 1.54) is 20.8 Å². The van der Waals surface area contributed by atoms with E-state index in [1.54, 1.807) is 24.3 Å². The van der Waals surface area contributed by atoms with Crippen molar-refractivity contribution in [2.24, 2.45) is 0 Å². The topological polar surface area (TPSA) is 78.9 Å². The van der Waals surface area contributed by atoms with E-state index in [2.05, 4.69) is 15.9 Å². The van der Waals surface area contributed by atoms with Gasteiger partial charge >= 0.3 is 131 Å². The Kier molecular flexibility index (Phi) is 6.12. The number of halogens is 1. The SMILES string of the molecule is CC(=O)[O][Pb]([O]C(C)=O)([O]C(C)=O)[c]1ccc(Br)cc1. The van der Waals surface area contributed by atoms with Crippen molar-refractivity contribution in [1.82, 2.24) is 0 Å². The first-order chi connectivity index (χ1) is 9.25. The maximum absolute atomic E-state index is 11.3. The summed E-state index contributed by atoms with van der Waals surface area (Å²) >= 11 is -1.73. The Labute approximate surface area is 131 Å². The van der Waals surface area contributed by atoms with Crippen molar-refractivity contribution in [3.8, 4) is 0 Å². The van der Waals surface area contributed by atoms with Crippen LogP contribution in [0.2, 0.25) is 0 Å². The van der Waals surface area contributed by atoms with Crippen molar-refractivity contribution in [2.45, 2.75) is 20.8 Å². The summed E-state index contributed by atoms with van der Waals surface area (Å²) in [6, 6.07) is 6.56. The van der Waals surface area contributed by atoms with Gasteiger partial charge in [-0.15, -0.1) is 0 Å². The average Bonchev–Trinajstić information content (AvgIpc) is 2.26. The first kappa shape index (κ1) is 17.1. The molecule has 0 aliphatic carbocycles. The molecule has 108 valence electrons. The fourth-order valence-corrected chi connectivity index (χ4v) is 10.2. The Balaban J connectivity index is 3.32. The normalized spacial score (nSPS) is 10.6. The Hall–Kier alpha value is -0.968. The molecule has 0 atom stereocenters. The Morgan fingerprint density at radius 3 is 1.50 bits per heavy atom. The van der Waals surface area contributed by atoms with Crippen molar-refractivity contribution in [3.63, 3.8) is 0 Å². The number of benzene rings is 1. The van der Waals surface area contributed by atoms with Gasteiger partial charge in [0.25, 0.3) is 0 Å². The van der Waals surface area contributed by atoms with E-state index in [-0.39, 0.29) is 0 Å². The van der Waals surface area contributed by atoms with Crippen LogP contribution in [0.15, 0.2) is 28.7 Å². The van der Waals surface area contributed by atoms with Crippen LogP contribution in [-0.2, 0) is 22.4 Å². The fraction of sp³-hybridized carbons (Fsp3) is 0.250. The summed E-state index contributed by atoms with van der Waals surface area (Å²) in [5, 5.41) is 0. The molecule has 0 radical (unpaired) electrons. The van der Waals surface area contributed by atoms with Crippen LogP contribution in [0.5, 0.6) is 0 Å². The molecule has 1 aromatic rings. The summed E-state index contributed by atoms with van der Waals surface area (Å²) in [4.78, 5) is 33.9. The molecule has 0 bridgehead atoms. The second kappa shape index (κ2) is 7.16. The molecule has 20 heavy (non-hydrogen) atoms. The molecule has 0 unspecified atom stereocenters. The van der Waals surface area contributed by atoms with Crippen LogP contribution >= 0.6 is 15.9 Å². The van der Waals surface area contributed by atoms with Gasteiger partial charge in [-0.25, -0.2) is 0 Å². The van der Waals surface area contributed by atoms with Crippen molar-refractivity contribution >= 4 is 59.5 Å². The van der Waals surface area contributed by atoms with E-state index < -0.39 is 40.4 Å². The molecule has 8 heteroatoms. The number of carbonyl (C=O) groups excluding carboxylic acids is 3. The Morgan fingerprint density at radius 1 is 0.850 bits per heavy atom. The molecule has 0 saturated carbocycles. The van der Waals surface area contributed by atoms with Crippen LogP contribution in [-0.4, -0.2) is 40.4 Å². The van der Waals surface area contributed by atoms with Gasteiger partial charge in [0, 0.05) is 0 Å². The molecule has 6 nitrogen and oxygen atoms in total. The third kappa shape index (κ3) is 4.85. The molecule has 0 fully saturated rings. The molecule has 0 amide bonds. The minimum atomic E-state index is -4.99. The molecule has 0 aliphatic heterocycles. The van der Waals surface area contributed by atoms with Gasteiger partial charge in [0.2, 0.25) is 0 Å². The van der Waals surface area contributed by atoms with Gasteiger partial charge in [0.05, 0.1) is 0 Å². The van der Waals surface area contributed by atoms with E-state index in [0.717, 1.165) is 4.47 Å². The van der Waals surface area contributed by atoms with Crippen molar-refractivity contribution in [3.05, 3.63) is 28.7 Å². The summed E-state index contributed by atoms with van der Waals surface area (Å²) in [5.74, 6) is -2.01. The summed E-state index contributed by atoms with van der Waals surface area (Å²) in [7, 11) is 0. The zero-order valence-electron chi connectivity index (χ0n) is 11.1. The van der Waals surface area contributed by atoms with Crippen molar-refractivity contribution in [2.75, 3.05) is 0 Å². The van der Waals surface area contributed by atoms with Gasteiger partial charge in [-0.1, -0.05) is 0 Å². The molecule has 0 aromatic heterocycles. The van der Waals surface area contributed by atoms with Crippen LogP contribution < -0.4 is 3.12 Å². The quantitative estimate of drug-likeness (QED) is 0.536. The number of hydrogen-bond acceptors (Lipinski definition) is 6. The maximum atomic E-state index is 11.3. The fourth-order valence-electron chi connectivity index (χ4n) is 1.46. The standard InChI is InChI=1S/C6H4Br.3C2H4O2.Pb/c7-6-4-2-1-3-5-6;3*1-2(3)4;/h2-5H;3*1H3,(H,3,4);/q;;;;+3/p-3. The van der Waals surface area contributed by atoms with E-state index in [4.69, 9.17) is 8.06 Å². The monoisotopic (exact) mass is 540 g/mol. The van der Waals surface area contributed by atoms with Crippen LogP contribution in [0, 0.1) is 0 Å². The van der Waals surface area contributed by atoms with Gasteiger partial charge < -0.3 is 0 Å². The predicted molar refractivity (Wildman–Crippen MR) is 74.8 cm³/mol. The molecule has 0 saturated heterocycles. The van der Waals surface area contributed by atoms with Gasteiger partial charge in [-0.3, -0.25) is 0 Å². The summed E-state index contributed by atoms with van der Waals surface area (Å²) in [6.07, 6.45) is 0. The second-order valence-electron chi connectivity index (χ2n) is 3.84. The van der Waals surface area contributed by atoms with E-state index in [0.29, 0.717) is 3.12 Å². The second-order valence-corrected chi connectivity index (χ2v) is 13.7. The minimum absolute atomic E-state index is 0.418. The molecule has 1 aromatic carbocycles. The van der Waals surface area contributed by atoms with Crippen molar-refractivity contribution < 1.29 is 22.4 Å².